The Hall–Kier alpha value is -2.67. The van der Waals surface area contributed by atoms with E-state index in [0.29, 0.717) is 5.56 Å². The Morgan fingerprint density at radius 3 is 2.73 bits per heavy atom. The number of aromatic nitrogens is 1. The summed E-state index contributed by atoms with van der Waals surface area (Å²) in [6.45, 7) is -0.751. The number of aliphatic hydroxyl groups is 1. The van der Waals surface area contributed by atoms with Gasteiger partial charge in [0.15, 0.2) is 5.75 Å². The number of carbonyl (C=O) groups is 1. The molecule has 1 heterocycles. The molecule has 6 nitrogen and oxygen atoms in total. The maximum atomic E-state index is 13.5. The van der Waals surface area contributed by atoms with E-state index in [1.807, 2.05) is 0 Å². The van der Waals surface area contributed by atoms with Gasteiger partial charge in [-0.05, 0) is 6.07 Å². The fraction of sp³-hybridized carbons (Fsp3) is 0.200. The number of primary amides is 1. The smallest absolute Gasteiger partial charge is 0.237 e. The molecule has 0 spiro atoms. The molecule has 0 saturated carbocycles. The van der Waals surface area contributed by atoms with E-state index in [4.69, 9.17) is 10.5 Å². The molecule has 0 unspecified atom stereocenters. The minimum absolute atomic E-state index is 0.0540. The summed E-state index contributed by atoms with van der Waals surface area (Å²) < 4.78 is 20.1. The van der Waals surface area contributed by atoms with E-state index in [1.54, 1.807) is 18.2 Å². The molecule has 0 aliphatic rings. The Morgan fingerprint density at radius 1 is 1.36 bits per heavy atom. The third-order valence-corrected chi connectivity index (χ3v) is 3.01. The van der Waals surface area contributed by atoms with Crippen LogP contribution in [0.1, 0.15) is 11.3 Å². The number of aliphatic hydroxyl groups excluding tert-OH is 1. The Kier molecular flexibility index (Phi) is 4.90. The van der Waals surface area contributed by atoms with Crippen molar-refractivity contribution >= 4 is 5.91 Å². The Bertz CT molecular complexity index is 743. The van der Waals surface area contributed by atoms with Crippen molar-refractivity contribution in [3.05, 3.63) is 63.8 Å². The Balaban J connectivity index is 2.25. The van der Waals surface area contributed by atoms with Gasteiger partial charge < -0.3 is 20.1 Å². The first-order valence-corrected chi connectivity index (χ1v) is 6.50. The minimum Gasteiger partial charge on any atom is -0.483 e. The van der Waals surface area contributed by atoms with Crippen molar-refractivity contribution in [2.24, 2.45) is 5.73 Å². The van der Waals surface area contributed by atoms with Gasteiger partial charge in [0, 0.05) is 17.3 Å². The lowest BCUT2D eigenvalue weighted by molar-refractivity contribution is -0.118. The highest BCUT2D eigenvalue weighted by atomic mass is 19.1. The van der Waals surface area contributed by atoms with Gasteiger partial charge in [-0.3, -0.25) is 9.59 Å². The third-order valence-electron chi connectivity index (χ3n) is 3.01. The molecule has 1 aromatic heterocycles. The van der Waals surface area contributed by atoms with E-state index in [-0.39, 0.29) is 24.6 Å². The summed E-state index contributed by atoms with van der Waals surface area (Å²) in [7, 11) is 0. The first-order valence-electron chi connectivity index (χ1n) is 6.50. The van der Waals surface area contributed by atoms with Gasteiger partial charge in [0.05, 0.1) is 12.8 Å². The topological polar surface area (TPSA) is 94.5 Å². The normalized spacial score (nSPS) is 10.5. The predicted octanol–water partition coefficient (Wildman–Crippen LogP) is 0.544. The molecule has 0 aliphatic heterocycles. The zero-order valence-corrected chi connectivity index (χ0v) is 11.7. The van der Waals surface area contributed by atoms with Crippen molar-refractivity contribution in [3.8, 4) is 5.75 Å². The summed E-state index contributed by atoms with van der Waals surface area (Å²) in [4.78, 5) is 22.9. The number of nitrogens with zero attached hydrogens (tertiary/aromatic N) is 1. The standard InChI is InChI=1S/C15H15FN2O4/c16-12-4-2-1-3-10(12)9-22-14-6-18(7-15(17)21)11(8-19)5-13(14)20/h1-6,19H,7-9H2,(H2,17,21). The van der Waals surface area contributed by atoms with Crippen LogP contribution in [0, 0.1) is 5.82 Å². The van der Waals surface area contributed by atoms with Crippen LogP contribution in [0.3, 0.4) is 0 Å². The van der Waals surface area contributed by atoms with E-state index in [2.05, 4.69) is 0 Å². The number of pyridine rings is 1. The van der Waals surface area contributed by atoms with Gasteiger partial charge in [0.1, 0.15) is 19.0 Å². The summed E-state index contributed by atoms with van der Waals surface area (Å²) in [5.74, 6) is -1.12. The van der Waals surface area contributed by atoms with Crippen LogP contribution >= 0.6 is 0 Å². The number of benzene rings is 1. The van der Waals surface area contributed by atoms with Gasteiger partial charge >= 0.3 is 0 Å². The molecule has 1 amide bonds. The lowest BCUT2D eigenvalue weighted by Crippen LogP contribution is -2.23. The van der Waals surface area contributed by atoms with Crippen molar-refractivity contribution in [1.82, 2.24) is 4.57 Å². The largest absolute Gasteiger partial charge is 0.483 e. The van der Waals surface area contributed by atoms with Crippen molar-refractivity contribution in [3.63, 3.8) is 0 Å². The Labute approximate surface area is 125 Å². The molecule has 0 fully saturated rings. The zero-order valence-electron chi connectivity index (χ0n) is 11.7. The van der Waals surface area contributed by atoms with E-state index in [9.17, 15) is 19.1 Å². The quantitative estimate of drug-likeness (QED) is 0.814. The van der Waals surface area contributed by atoms with Crippen molar-refractivity contribution in [2.75, 3.05) is 0 Å². The average Bonchev–Trinajstić information content (AvgIpc) is 2.48. The Morgan fingerprint density at radius 2 is 2.09 bits per heavy atom. The number of amides is 1. The molecule has 1 aromatic carbocycles. The number of ether oxygens (including phenoxy) is 1. The molecule has 0 bridgehead atoms. The van der Waals surface area contributed by atoms with Crippen LogP contribution in [-0.4, -0.2) is 15.6 Å². The fourth-order valence-corrected chi connectivity index (χ4v) is 1.92. The van der Waals surface area contributed by atoms with Gasteiger partial charge in [-0.15, -0.1) is 0 Å². The number of hydrogen-bond donors (Lipinski definition) is 2. The van der Waals surface area contributed by atoms with E-state index < -0.39 is 23.8 Å². The number of nitrogens with two attached hydrogens (primary N) is 1. The molecule has 3 N–H and O–H groups in total. The molecule has 116 valence electrons. The van der Waals surface area contributed by atoms with Crippen LogP contribution in [0.2, 0.25) is 0 Å². The first-order chi connectivity index (χ1) is 10.5. The molecule has 7 heteroatoms. The lowest BCUT2D eigenvalue weighted by Gasteiger charge is -2.13. The monoisotopic (exact) mass is 306 g/mol. The molecular weight excluding hydrogens is 291 g/mol. The van der Waals surface area contributed by atoms with E-state index in [1.165, 1.54) is 16.8 Å². The maximum absolute atomic E-state index is 13.5. The zero-order chi connectivity index (χ0) is 16.1. The molecular formula is C15H15FN2O4. The summed E-state index contributed by atoms with van der Waals surface area (Å²) in [6, 6.07) is 7.19. The van der Waals surface area contributed by atoms with E-state index in [0.717, 1.165) is 6.07 Å². The van der Waals surface area contributed by atoms with Crippen molar-refractivity contribution < 1.29 is 19.0 Å². The van der Waals surface area contributed by atoms with Crippen LogP contribution in [0.25, 0.3) is 0 Å². The highest BCUT2D eigenvalue weighted by Gasteiger charge is 2.10. The van der Waals surface area contributed by atoms with Crippen LogP contribution in [0.4, 0.5) is 4.39 Å². The van der Waals surface area contributed by atoms with Gasteiger partial charge in [-0.25, -0.2) is 4.39 Å². The van der Waals surface area contributed by atoms with Crippen molar-refractivity contribution in [2.45, 2.75) is 19.8 Å². The molecule has 0 radical (unpaired) electrons. The van der Waals surface area contributed by atoms with Crippen LogP contribution in [0.15, 0.2) is 41.3 Å². The molecule has 0 saturated heterocycles. The second-order valence-corrected chi connectivity index (χ2v) is 4.63. The molecule has 2 aromatic rings. The summed E-state index contributed by atoms with van der Waals surface area (Å²) in [5.41, 5.74) is 5.18. The lowest BCUT2D eigenvalue weighted by atomic mass is 10.2. The number of halogens is 1. The highest BCUT2D eigenvalue weighted by molar-refractivity contribution is 5.73. The molecule has 2 rings (SSSR count). The van der Waals surface area contributed by atoms with Crippen LogP contribution < -0.4 is 15.9 Å². The fourth-order valence-electron chi connectivity index (χ4n) is 1.92. The second-order valence-electron chi connectivity index (χ2n) is 4.63. The predicted molar refractivity (Wildman–Crippen MR) is 76.6 cm³/mol. The third kappa shape index (κ3) is 3.70. The number of carbonyl (C=O) groups excluding carboxylic acids is 1. The van der Waals surface area contributed by atoms with Crippen LogP contribution in [0.5, 0.6) is 5.75 Å². The molecule has 22 heavy (non-hydrogen) atoms. The van der Waals surface area contributed by atoms with Gasteiger partial charge in [0.25, 0.3) is 0 Å². The van der Waals surface area contributed by atoms with Crippen molar-refractivity contribution in [1.29, 1.82) is 0 Å². The first kappa shape index (κ1) is 15.7. The second kappa shape index (κ2) is 6.86. The summed E-state index contributed by atoms with van der Waals surface area (Å²) >= 11 is 0. The highest BCUT2D eigenvalue weighted by Crippen LogP contribution is 2.12. The number of rotatable bonds is 6. The van der Waals surface area contributed by atoms with Gasteiger partial charge in [-0.2, -0.15) is 0 Å². The minimum atomic E-state index is -0.626. The average molecular weight is 306 g/mol. The van der Waals surface area contributed by atoms with E-state index >= 15 is 0 Å². The van der Waals surface area contributed by atoms with Gasteiger partial charge in [0.2, 0.25) is 11.3 Å². The van der Waals surface area contributed by atoms with Crippen LogP contribution in [-0.2, 0) is 24.6 Å². The molecule has 0 aliphatic carbocycles. The SMILES string of the molecule is NC(=O)Cn1cc(OCc2ccccc2F)c(=O)cc1CO. The number of hydrogen-bond acceptors (Lipinski definition) is 4. The summed E-state index contributed by atoms with van der Waals surface area (Å²) in [5, 5.41) is 9.19. The maximum Gasteiger partial charge on any atom is 0.237 e. The summed E-state index contributed by atoms with van der Waals surface area (Å²) in [6.07, 6.45) is 1.28. The molecule has 0 atom stereocenters. The van der Waals surface area contributed by atoms with Gasteiger partial charge in [-0.1, -0.05) is 18.2 Å².